The van der Waals surface area contributed by atoms with Crippen LogP contribution in [0.5, 0.6) is 11.5 Å². The van der Waals surface area contributed by atoms with Crippen LogP contribution in [-0.4, -0.2) is 13.2 Å². The van der Waals surface area contributed by atoms with E-state index in [1.54, 1.807) is 7.11 Å². The molecule has 0 saturated carbocycles. The molecule has 1 unspecified atom stereocenters. The Hall–Kier alpha value is -1.52. The Kier molecular flexibility index (Phi) is 5.65. The molecule has 0 aromatic heterocycles. The van der Waals surface area contributed by atoms with Gasteiger partial charge in [-0.3, -0.25) is 0 Å². The lowest BCUT2D eigenvalue weighted by Gasteiger charge is -2.11. The van der Waals surface area contributed by atoms with Crippen LogP contribution >= 0.6 is 15.9 Å². The average molecular weight is 350 g/mol. The topological polar surface area (TPSA) is 44.5 Å². The summed E-state index contributed by atoms with van der Waals surface area (Å²) in [6, 6.07) is 14.0. The van der Waals surface area contributed by atoms with Gasteiger partial charge in [0.2, 0.25) is 0 Å². The van der Waals surface area contributed by atoms with Gasteiger partial charge in [-0.2, -0.15) is 0 Å². The molecule has 0 spiro atoms. The van der Waals surface area contributed by atoms with E-state index >= 15 is 0 Å². The molecule has 4 heteroatoms. The Morgan fingerprint density at radius 2 is 1.95 bits per heavy atom. The Labute approximate surface area is 134 Å². The fourth-order valence-electron chi connectivity index (χ4n) is 2.08. The van der Waals surface area contributed by atoms with Gasteiger partial charge < -0.3 is 15.2 Å². The van der Waals surface area contributed by atoms with Crippen LogP contribution in [0.3, 0.4) is 0 Å². The number of rotatable bonds is 6. The van der Waals surface area contributed by atoms with E-state index in [0.717, 1.165) is 28.0 Å². The van der Waals surface area contributed by atoms with Crippen LogP contribution in [0.15, 0.2) is 46.9 Å². The van der Waals surface area contributed by atoms with E-state index in [1.807, 2.05) is 43.3 Å². The number of ether oxygens (including phenoxy) is 2. The van der Waals surface area contributed by atoms with Crippen molar-refractivity contribution in [3.8, 4) is 11.5 Å². The highest BCUT2D eigenvalue weighted by Crippen LogP contribution is 2.24. The van der Waals surface area contributed by atoms with Crippen LogP contribution < -0.4 is 15.2 Å². The zero-order valence-corrected chi connectivity index (χ0v) is 13.9. The quantitative estimate of drug-likeness (QED) is 0.859. The first-order valence-electron chi connectivity index (χ1n) is 6.88. The summed E-state index contributed by atoms with van der Waals surface area (Å²) >= 11 is 3.53. The van der Waals surface area contributed by atoms with E-state index in [-0.39, 0.29) is 6.04 Å². The Morgan fingerprint density at radius 3 is 2.67 bits per heavy atom. The minimum Gasteiger partial charge on any atom is -0.497 e. The fraction of sp³-hybridized carbons (Fsp3) is 0.294. The molecular formula is C17H20BrNO2. The third-order valence-corrected chi connectivity index (χ3v) is 3.88. The van der Waals surface area contributed by atoms with Gasteiger partial charge in [-0.1, -0.05) is 28.1 Å². The third-order valence-electron chi connectivity index (χ3n) is 3.10. The highest BCUT2D eigenvalue weighted by Gasteiger charge is 2.05. The van der Waals surface area contributed by atoms with Crippen molar-refractivity contribution in [2.75, 3.05) is 7.11 Å². The second kappa shape index (κ2) is 7.48. The smallest absolute Gasteiger partial charge is 0.120 e. The molecule has 0 saturated heterocycles. The summed E-state index contributed by atoms with van der Waals surface area (Å²) in [7, 11) is 1.66. The molecule has 0 aliphatic rings. The van der Waals surface area contributed by atoms with Gasteiger partial charge in [-0.05, 0) is 49.2 Å². The Morgan fingerprint density at radius 1 is 1.14 bits per heavy atom. The molecule has 0 aliphatic heterocycles. The average Bonchev–Trinajstić information content (AvgIpc) is 2.46. The summed E-state index contributed by atoms with van der Waals surface area (Å²) in [5.41, 5.74) is 8.07. The molecule has 3 nitrogen and oxygen atoms in total. The first-order valence-corrected chi connectivity index (χ1v) is 7.67. The van der Waals surface area contributed by atoms with E-state index in [9.17, 15) is 0 Å². The van der Waals surface area contributed by atoms with Gasteiger partial charge in [0.05, 0.1) is 7.11 Å². The zero-order valence-electron chi connectivity index (χ0n) is 12.3. The second-order valence-electron chi connectivity index (χ2n) is 5.07. The third kappa shape index (κ3) is 4.76. The zero-order chi connectivity index (χ0) is 15.2. The molecule has 0 radical (unpaired) electrons. The van der Waals surface area contributed by atoms with Crippen LogP contribution in [-0.2, 0) is 13.0 Å². The molecular weight excluding hydrogens is 330 g/mol. The maximum Gasteiger partial charge on any atom is 0.120 e. The van der Waals surface area contributed by atoms with Gasteiger partial charge in [0, 0.05) is 16.1 Å². The maximum atomic E-state index is 5.87. The van der Waals surface area contributed by atoms with Crippen molar-refractivity contribution in [1.29, 1.82) is 0 Å². The number of benzene rings is 2. The molecule has 2 N–H and O–H groups in total. The first-order chi connectivity index (χ1) is 10.1. The van der Waals surface area contributed by atoms with E-state index in [0.29, 0.717) is 6.61 Å². The van der Waals surface area contributed by atoms with Gasteiger partial charge in [0.25, 0.3) is 0 Å². The second-order valence-corrected chi connectivity index (χ2v) is 5.93. The van der Waals surface area contributed by atoms with Crippen LogP contribution in [0.25, 0.3) is 0 Å². The standard InChI is InChI=1S/C17H20BrNO2/c1-12(19)8-13-4-3-5-16(9-13)21-11-14-10-15(20-2)6-7-17(14)18/h3-7,9-10,12H,8,11,19H2,1-2H3. The van der Waals surface area contributed by atoms with Crippen LogP contribution in [0.4, 0.5) is 0 Å². The lowest BCUT2D eigenvalue weighted by Crippen LogP contribution is -2.17. The van der Waals surface area contributed by atoms with Crippen molar-refractivity contribution in [1.82, 2.24) is 0 Å². The maximum absolute atomic E-state index is 5.87. The molecule has 21 heavy (non-hydrogen) atoms. The Bertz CT molecular complexity index is 599. The highest BCUT2D eigenvalue weighted by atomic mass is 79.9. The summed E-state index contributed by atoms with van der Waals surface area (Å²) in [6.45, 7) is 2.49. The summed E-state index contributed by atoms with van der Waals surface area (Å²) in [5, 5.41) is 0. The monoisotopic (exact) mass is 349 g/mol. The van der Waals surface area contributed by atoms with E-state index in [1.165, 1.54) is 5.56 Å². The van der Waals surface area contributed by atoms with Gasteiger partial charge >= 0.3 is 0 Å². The predicted octanol–water partition coefficient (Wildman–Crippen LogP) is 3.93. The Balaban J connectivity index is 2.06. The summed E-state index contributed by atoms with van der Waals surface area (Å²) in [4.78, 5) is 0. The van der Waals surface area contributed by atoms with Crippen molar-refractivity contribution in [3.05, 3.63) is 58.1 Å². The summed E-state index contributed by atoms with van der Waals surface area (Å²) in [6.07, 6.45) is 0.847. The predicted molar refractivity (Wildman–Crippen MR) is 88.8 cm³/mol. The molecule has 2 aromatic carbocycles. The van der Waals surface area contributed by atoms with E-state index in [2.05, 4.69) is 22.0 Å². The van der Waals surface area contributed by atoms with Crippen LogP contribution in [0.1, 0.15) is 18.1 Å². The van der Waals surface area contributed by atoms with Gasteiger partial charge in [-0.15, -0.1) is 0 Å². The molecule has 0 aliphatic carbocycles. The molecule has 1 atom stereocenters. The van der Waals surface area contributed by atoms with Crippen LogP contribution in [0, 0.1) is 0 Å². The normalized spacial score (nSPS) is 12.0. The fourth-order valence-corrected chi connectivity index (χ4v) is 2.44. The molecule has 2 aromatic rings. The summed E-state index contributed by atoms with van der Waals surface area (Å²) in [5.74, 6) is 1.67. The van der Waals surface area contributed by atoms with Crippen molar-refractivity contribution < 1.29 is 9.47 Å². The molecule has 0 heterocycles. The van der Waals surface area contributed by atoms with Crippen LogP contribution in [0.2, 0.25) is 0 Å². The largest absolute Gasteiger partial charge is 0.497 e. The molecule has 0 fully saturated rings. The molecule has 0 bridgehead atoms. The van der Waals surface area contributed by atoms with Crippen molar-refractivity contribution in [2.45, 2.75) is 26.0 Å². The SMILES string of the molecule is COc1ccc(Br)c(COc2cccc(CC(C)N)c2)c1. The number of halogens is 1. The van der Waals surface area contributed by atoms with E-state index in [4.69, 9.17) is 15.2 Å². The molecule has 112 valence electrons. The lowest BCUT2D eigenvalue weighted by molar-refractivity contribution is 0.304. The van der Waals surface area contributed by atoms with Crippen molar-refractivity contribution in [3.63, 3.8) is 0 Å². The molecule has 2 rings (SSSR count). The minimum atomic E-state index is 0.146. The number of hydrogen-bond acceptors (Lipinski definition) is 3. The number of hydrogen-bond donors (Lipinski definition) is 1. The number of methoxy groups -OCH3 is 1. The summed E-state index contributed by atoms with van der Waals surface area (Å²) < 4.78 is 12.1. The van der Waals surface area contributed by atoms with Gasteiger partial charge in [-0.25, -0.2) is 0 Å². The highest BCUT2D eigenvalue weighted by molar-refractivity contribution is 9.10. The van der Waals surface area contributed by atoms with Crippen molar-refractivity contribution in [2.24, 2.45) is 5.73 Å². The molecule has 0 amide bonds. The van der Waals surface area contributed by atoms with E-state index < -0.39 is 0 Å². The first kappa shape index (κ1) is 15.9. The lowest BCUT2D eigenvalue weighted by atomic mass is 10.1. The van der Waals surface area contributed by atoms with Crippen molar-refractivity contribution >= 4 is 15.9 Å². The van der Waals surface area contributed by atoms with Gasteiger partial charge in [0.1, 0.15) is 18.1 Å². The number of nitrogens with two attached hydrogens (primary N) is 1. The van der Waals surface area contributed by atoms with Gasteiger partial charge in [0.15, 0.2) is 0 Å². The minimum absolute atomic E-state index is 0.146.